The first-order chi connectivity index (χ1) is 11.9. The quantitative estimate of drug-likeness (QED) is 0.336. The van der Waals surface area contributed by atoms with Crippen molar-refractivity contribution in [1.82, 2.24) is 0 Å². The first-order valence-corrected chi connectivity index (χ1v) is 9.60. The van der Waals surface area contributed by atoms with Crippen molar-refractivity contribution in [1.29, 1.82) is 0 Å². The molecule has 4 aromatic carbocycles. The van der Waals surface area contributed by atoms with E-state index in [-0.39, 0.29) is 5.41 Å². The maximum absolute atomic E-state index is 2.43. The highest BCUT2D eigenvalue weighted by atomic mass is 14.4. The summed E-state index contributed by atoms with van der Waals surface area (Å²) in [6.45, 7) is 11.9. The molecule has 0 N–H and O–H groups in total. The van der Waals surface area contributed by atoms with Gasteiger partial charge in [-0.25, -0.2) is 0 Å². The number of benzene rings is 4. The molecule has 0 radical (unpaired) electrons. The molecule has 0 fully saturated rings. The van der Waals surface area contributed by atoms with Crippen LogP contribution in [0.2, 0.25) is 0 Å². The van der Waals surface area contributed by atoms with E-state index in [0.29, 0.717) is 11.8 Å². The van der Waals surface area contributed by atoms with E-state index in [1.165, 1.54) is 44.3 Å². The van der Waals surface area contributed by atoms with E-state index >= 15 is 0 Å². The van der Waals surface area contributed by atoms with Crippen LogP contribution in [0, 0.1) is 11.3 Å². The smallest absolute Gasteiger partial charge is 0.00239 e. The Kier molecular flexibility index (Phi) is 3.76. The summed E-state index contributed by atoms with van der Waals surface area (Å²) in [6, 6.07) is 20.6. The van der Waals surface area contributed by atoms with Crippen LogP contribution in [0.3, 0.4) is 0 Å². The third-order valence-corrected chi connectivity index (χ3v) is 6.32. The van der Waals surface area contributed by atoms with Gasteiger partial charge in [0.1, 0.15) is 0 Å². The standard InChI is InChI=1S/C25H28/c1-6-25(4,5)24(16(2)3)21-15-13-19-11-10-17-8-7-9-18-12-14-20(21)23(19)22(17)18/h7-16,24H,6H2,1-5H3. The van der Waals surface area contributed by atoms with Crippen LogP contribution in [0.4, 0.5) is 0 Å². The van der Waals surface area contributed by atoms with Crippen molar-refractivity contribution in [3.8, 4) is 0 Å². The van der Waals surface area contributed by atoms with E-state index in [4.69, 9.17) is 0 Å². The molecule has 25 heavy (non-hydrogen) atoms. The minimum atomic E-state index is 0.289. The Bertz CT molecular complexity index is 1020. The van der Waals surface area contributed by atoms with E-state index in [2.05, 4.69) is 89.2 Å². The van der Waals surface area contributed by atoms with Crippen LogP contribution in [0.1, 0.15) is 52.5 Å². The lowest BCUT2D eigenvalue weighted by Gasteiger charge is -2.38. The lowest BCUT2D eigenvalue weighted by atomic mass is 9.67. The third-order valence-electron chi connectivity index (χ3n) is 6.32. The monoisotopic (exact) mass is 328 g/mol. The van der Waals surface area contributed by atoms with Crippen LogP contribution < -0.4 is 0 Å². The number of hydrogen-bond acceptors (Lipinski definition) is 0. The maximum Gasteiger partial charge on any atom is -0.00239 e. The van der Waals surface area contributed by atoms with Gasteiger partial charge in [-0.2, -0.15) is 0 Å². The SMILES string of the molecule is CCC(C)(C)C(c1ccc2ccc3cccc4ccc1c2c34)C(C)C. The molecule has 0 heterocycles. The third kappa shape index (κ3) is 2.42. The largest absolute Gasteiger partial charge is 0.0649 e. The predicted molar refractivity (Wildman–Crippen MR) is 112 cm³/mol. The zero-order chi connectivity index (χ0) is 17.8. The molecule has 0 bridgehead atoms. The van der Waals surface area contributed by atoms with E-state index in [0.717, 1.165) is 0 Å². The first kappa shape index (κ1) is 16.4. The summed E-state index contributed by atoms with van der Waals surface area (Å²) in [4.78, 5) is 0. The molecular weight excluding hydrogens is 300 g/mol. The fourth-order valence-corrected chi connectivity index (χ4v) is 4.93. The van der Waals surface area contributed by atoms with Crippen LogP contribution in [0.5, 0.6) is 0 Å². The van der Waals surface area contributed by atoms with E-state index in [1.54, 1.807) is 0 Å². The molecule has 1 unspecified atom stereocenters. The second-order valence-corrected chi connectivity index (χ2v) is 8.57. The van der Waals surface area contributed by atoms with Gasteiger partial charge in [0.2, 0.25) is 0 Å². The van der Waals surface area contributed by atoms with E-state index < -0.39 is 0 Å². The van der Waals surface area contributed by atoms with Crippen LogP contribution in [-0.4, -0.2) is 0 Å². The summed E-state index contributed by atoms with van der Waals surface area (Å²) in [5, 5.41) is 8.39. The molecule has 4 aromatic rings. The van der Waals surface area contributed by atoms with Crippen LogP contribution in [-0.2, 0) is 0 Å². The highest BCUT2D eigenvalue weighted by Gasteiger charge is 2.33. The molecule has 0 saturated heterocycles. The molecule has 0 aliphatic carbocycles. The minimum Gasteiger partial charge on any atom is -0.0649 e. The Morgan fingerprint density at radius 3 is 1.92 bits per heavy atom. The second-order valence-electron chi connectivity index (χ2n) is 8.57. The summed E-state index contributed by atoms with van der Waals surface area (Å²) in [7, 11) is 0. The van der Waals surface area contributed by atoms with Crippen molar-refractivity contribution in [2.24, 2.45) is 11.3 Å². The van der Waals surface area contributed by atoms with Crippen molar-refractivity contribution >= 4 is 32.3 Å². The Hall–Kier alpha value is -2.08. The Balaban J connectivity index is 2.12. The predicted octanol–water partition coefficient (Wildman–Crippen LogP) is 7.76. The van der Waals surface area contributed by atoms with Crippen LogP contribution in [0.15, 0.2) is 54.6 Å². The van der Waals surface area contributed by atoms with Crippen molar-refractivity contribution in [3.05, 3.63) is 60.2 Å². The Morgan fingerprint density at radius 1 is 0.760 bits per heavy atom. The molecule has 0 heteroatoms. The molecule has 0 amide bonds. The number of hydrogen-bond donors (Lipinski definition) is 0. The second kappa shape index (κ2) is 5.73. The molecule has 0 saturated carbocycles. The summed E-state index contributed by atoms with van der Waals surface area (Å²) in [5.41, 5.74) is 1.81. The lowest BCUT2D eigenvalue weighted by Crippen LogP contribution is -2.26. The molecule has 4 rings (SSSR count). The summed E-state index contributed by atoms with van der Waals surface area (Å²) < 4.78 is 0. The molecule has 0 spiro atoms. The molecule has 128 valence electrons. The highest BCUT2D eigenvalue weighted by Crippen LogP contribution is 2.47. The van der Waals surface area contributed by atoms with Crippen molar-refractivity contribution < 1.29 is 0 Å². The highest BCUT2D eigenvalue weighted by molar-refractivity contribution is 6.23. The van der Waals surface area contributed by atoms with E-state index in [9.17, 15) is 0 Å². The first-order valence-electron chi connectivity index (χ1n) is 9.60. The van der Waals surface area contributed by atoms with Gasteiger partial charge in [-0.1, -0.05) is 95.6 Å². The van der Waals surface area contributed by atoms with E-state index in [1.807, 2.05) is 0 Å². The van der Waals surface area contributed by atoms with Gasteiger partial charge in [0, 0.05) is 0 Å². The summed E-state index contributed by atoms with van der Waals surface area (Å²) in [5.74, 6) is 1.18. The normalized spacial score (nSPS) is 14.2. The lowest BCUT2D eigenvalue weighted by molar-refractivity contribution is 0.223. The van der Waals surface area contributed by atoms with Gasteiger partial charge in [-0.15, -0.1) is 0 Å². The van der Waals surface area contributed by atoms with Gasteiger partial charge in [-0.05, 0) is 55.1 Å². The topological polar surface area (TPSA) is 0 Å². The van der Waals surface area contributed by atoms with Gasteiger partial charge in [-0.3, -0.25) is 0 Å². The zero-order valence-corrected chi connectivity index (χ0v) is 16.1. The fraction of sp³-hybridized carbons (Fsp3) is 0.360. The van der Waals surface area contributed by atoms with Crippen LogP contribution in [0.25, 0.3) is 32.3 Å². The molecule has 0 nitrogen and oxygen atoms in total. The van der Waals surface area contributed by atoms with Crippen LogP contribution >= 0.6 is 0 Å². The van der Waals surface area contributed by atoms with Crippen molar-refractivity contribution in [2.45, 2.75) is 47.0 Å². The zero-order valence-electron chi connectivity index (χ0n) is 16.1. The average molecular weight is 328 g/mol. The van der Waals surface area contributed by atoms with Gasteiger partial charge in [0.15, 0.2) is 0 Å². The van der Waals surface area contributed by atoms with Crippen molar-refractivity contribution in [2.75, 3.05) is 0 Å². The molecule has 1 atom stereocenters. The Morgan fingerprint density at radius 2 is 1.32 bits per heavy atom. The molecule has 0 aliphatic rings. The van der Waals surface area contributed by atoms with Crippen molar-refractivity contribution in [3.63, 3.8) is 0 Å². The summed E-state index contributed by atoms with van der Waals surface area (Å²) in [6.07, 6.45) is 1.19. The van der Waals surface area contributed by atoms with Gasteiger partial charge < -0.3 is 0 Å². The maximum atomic E-state index is 2.43. The van der Waals surface area contributed by atoms with Gasteiger partial charge in [0.25, 0.3) is 0 Å². The fourth-order valence-electron chi connectivity index (χ4n) is 4.93. The van der Waals surface area contributed by atoms with Gasteiger partial charge in [0.05, 0.1) is 0 Å². The summed E-state index contributed by atoms with van der Waals surface area (Å²) >= 11 is 0. The Labute approximate surface area is 151 Å². The minimum absolute atomic E-state index is 0.289. The number of rotatable bonds is 4. The average Bonchev–Trinajstić information content (AvgIpc) is 2.60. The molecule has 0 aromatic heterocycles. The van der Waals surface area contributed by atoms with Gasteiger partial charge >= 0.3 is 0 Å². The molecular formula is C25H28. The molecule has 0 aliphatic heterocycles.